The van der Waals surface area contributed by atoms with E-state index in [9.17, 15) is 0 Å². The molecule has 0 atom stereocenters. The van der Waals surface area contributed by atoms with Gasteiger partial charge in [0.1, 0.15) is 0 Å². The topological polar surface area (TPSA) is 38.1 Å². The quantitative estimate of drug-likeness (QED) is 0.288. The summed E-state index contributed by atoms with van der Waals surface area (Å²) in [6.07, 6.45) is 6.33. The zero-order valence-corrected chi connectivity index (χ0v) is 16.7. The van der Waals surface area contributed by atoms with Crippen LogP contribution in [0.3, 0.4) is 0 Å². The second-order valence-corrected chi connectivity index (χ2v) is 5.01. The van der Waals surface area contributed by atoms with Gasteiger partial charge in [0.25, 0.3) is 0 Å². The van der Waals surface area contributed by atoms with E-state index in [1.165, 1.54) is 11.1 Å². The molecule has 0 aliphatic heterocycles. The Balaban J connectivity index is 0.000000229. The molecule has 0 N–H and O–H groups in total. The van der Waals surface area contributed by atoms with Crippen LogP contribution in [0.1, 0.15) is 18.1 Å². The van der Waals surface area contributed by atoms with Crippen molar-refractivity contribution in [1.29, 1.82) is 0 Å². The van der Waals surface area contributed by atoms with Crippen LogP contribution in [-0.4, -0.2) is 16.2 Å². The van der Waals surface area contributed by atoms with Crippen LogP contribution >= 0.6 is 9.53 Å². The van der Waals surface area contributed by atoms with Crippen molar-refractivity contribution < 1.29 is 18.2 Å². The van der Waals surface area contributed by atoms with Crippen LogP contribution in [0, 0.1) is 13.8 Å². The summed E-state index contributed by atoms with van der Waals surface area (Å²) < 4.78 is 0. The van der Waals surface area contributed by atoms with Crippen LogP contribution in [0.5, 0.6) is 0 Å². The Morgan fingerprint density at radius 1 is 0.800 bits per heavy atom. The second kappa shape index (κ2) is 12.5. The maximum absolute atomic E-state index is 4.49. The van der Waals surface area contributed by atoms with Crippen LogP contribution in [0.15, 0.2) is 72.0 Å². The zero-order chi connectivity index (χ0) is 18.5. The fraction of sp³-hybridized carbons (Fsp3) is 0.150. The number of pyridine rings is 2. The monoisotopic (exact) mass is 443 g/mol. The summed E-state index contributed by atoms with van der Waals surface area (Å²) >= 11 is 2.22. The number of hydrogen-bond acceptors (Lipinski definition) is 3. The van der Waals surface area contributed by atoms with Gasteiger partial charge in [-0.05, 0) is 24.3 Å². The number of aryl methyl sites for hydroxylation is 2. The molecule has 0 radical (unpaired) electrons. The van der Waals surface area contributed by atoms with Gasteiger partial charge in [-0.3, -0.25) is 9.97 Å². The summed E-state index contributed by atoms with van der Waals surface area (Å²) in [6, 6.07) is 17.8. The van der Waals surface area contributed by atoms with Crippen molar-refractivity contribution in [2.45, 2.75) is 20.8 Å². The van der Waals surface area contributed by atoms with Crippen LogP contribution in [0.25, 0.3) is 11.4 Å². The first kappa shape index (κ1) is 21.2. The molecule has 2 aromatic heterocycles. The predicted octanol–water partition coefficient (Wildman–Crippen LogP) is 5.73. The van der Waals surface area contributed by atoms with Crippen LogP contribution in [0.4, 0.5) is 5.69 Å². The van der Waals surface area contributed by atoms with E-state index in [-0.39, 0.29) is 0 Å². The molecule has 0 aliphatic rings. The summed E-state index contributed by atoms with van der Waals surface area (Å²) in [6.45, 7) is 5.93. The molecule has 132 valence electrons. The van der Waals surface area contributed by atoms with Crippen molar-refractivity contribution in [1.82, 2.24) is 9.97 Å². The third-order valence-electron chi connectivity index (χ3n) is 3.26. The van der Waals surface area contributed by atoms with Crippen molar-refractivity contribution in [2.75, 3.05) is 0 Å². The summed E-state index contributed by atoms with van der Waals surface area (Å²) in [5, 5.41) is 0. The molecule has 0 aliphatic carbocycles. The number of rotatable bonds is 2. The molecule has 0 bridgehead atoms. The van der Waals surface area contributed by atoms with E-state index >= 15 is 0 Å². The molecule has 0 fully saturated rings. The first-order valence-corrected chi connectivity index (χ1v) is 9.60. The fourth-order valence-corrected chi connectivity index (χ4v) is 2.12. The standard InChI is InChI=1S/C10H8N2.C10H12N.ClH.Pd/c1-3-7-11-9(5-1)10-6-2-4-8-12-10;1-4-11-10-8(2)6-5-7-9(10)3;;/h1-8H;5-7H,1-3H3;1H;/q;-1;;+2/p-1. The van der Waals surface area contributed by atoms with E-state index in [1.807, 2.05) is 49.4 Å². The average Bonchev–Trinajstić information content (AvgIpc) is 2.68. The van der Waals surface area contributed by atoms with Gasteiger partial charge in [-0.2, -0.15) is 6.21 Å². The predicted molar refractivity (Wildman–Crippen MR) is 102 cm³/mol. The number of benzene rings is 1. The number of hydrogen-bond donors (Lipinski definition) is 0. The number of para-hydroxylation sites is 1. The van der Waals surface area contributed by atoms with Crippen molar-refractivity contribution in [3.05, 3.63) is 78.1 Å². The van der Waals surface area contributed by atoms with Gasteiger partial charge in [0, 0.05) is 12.4 Å². The van der Waals surface area contributed by atoms with E-state index < -0.39 is 0 Å². The van der Waals surface area contributed by atoms with Crippen LogP contribution < -0.4 is 0 Å². The molecular weight excluding hydrogens is 424 g/mol. The maximum atomic E-state index is 4.49. The molecule has 3 nitrogen and oxygen atoms in total. The van der Waals surface area contributed by atoms with Gasteiger partial charge in [0.2, 0.25) is 0 Å². The first-order chi connectivity index (χ1) is 12.2. The molecule has 0 spiro atoms. The van der Waals surface area contributed by atoms with Crippen LogP contribution in [0.2, 0.25) is 0 Å². The van der Waals surface area contributed by atoms with E-state index in [4.69, 9.17) is 0 Å². The van der Waals surface area contributed by atoms with Crippen molar-refractivity contribution >= 4 is 21.4 Å². The van der Waals surface area contributed by atoms with Crippen molar-refractivity contribution in [3.63, 3.8) is 0 Å². The molecule has 1 aromatic carbocycles. The number of aliphatic imine (C=N–C) groups is 1. The zero-order valence-electron chi connectivity index (χ0n) is 14.4. The molecule has 0 saturated heterocycles. The van der Waals surface area contributed by atoms with Gasteiger partial charge >= 0.3 is 27.7 Å². The third kappa shape index (κ3) is 7.27. The molecule has 0 saturated carbocycles. The second-order valence-electron chi connectivity index (χ2n) is 5.01. The van der Waals surface area contributed by atoms with Gasteiger partial charge < -0.3 is 4.99 Å². The van der Waals surface area contributed by atoms with E-state index in [0.717, 1.165) is 17.1 Å². The maximum Gasteiger partial charge on any atom is 0.0886 e. The van der Waals surface area contributed by atoms with Crippen molar-refractivity contribution in [3.8, 4) is 11.4 Å². The summed E-state index contributed by atoms with van der Waals surface area (Å²) in [4.78, 5) is 12.5. The first-order valence-electron chi connectivity index (χ1n) is 7.60. The minimum absolute atomic E-state index is 0.915. The van der Waals surface area contributed by atoms with Crippen LogP contribution in [-0.2, 0) is 18.2 Å². The SMILES string of the molecule is C[C-]=Nc1c(C)cccc1C.[Cl][Pd+].c1ccc(-c2ccccn2)nc1. The molecule has 0 amide bonds. The van der Waals surface area contributed by atoms with Gasteiger partial charge in [-0.1, -0.05) is 49.9 Å². The molecule has 5 heteroatoms. The Hall–Kier alpha value is -1.86. The minimum atomic E-state index is 0.915. The largest absolute Gasteiger partial charge is 0.255 e. The molecule has 0 unspecified atom stereocenters. The Morgan fingerprint density at radius 2 is 1.28 bits per heavy atom. The normalized spacial score (nSPS) is 9.68. The molecule has 2 heterocycles. The smallest absolute Gasteiger partial charge is 0.0886 e. The third-order valence-corrected chi connectivity index (χ3v) is 3.26. The Labute approximate surface area is 164 Å². The Morgan fingerprint density at radius 3 is 1.64 bits per heavy atom. The minimum Gasteiger partial charge on any atom is -0.255 e. The molecule has 3 aromatic rings. The van der Waals surface area contributed by atoms with Gasteiger partial charge in [-0.15, -0.1) is 18.1 Å². The Bertz CT molecular complexity index is 705. The molecule has 25 heavy (non-hydrogen) atoms. The summed E-state index contributed by atoms with van der Waals surface area (Å²) in [7, 11) is 4.49. The average molecular weight is 444 g/mol. The van der Waals surface area contributed by atoms with E-state index in [2.05, 4.69) is 74.9 Å². The number of halogens is 1. The number of aromatic nitrogens is 2. The van der Waals surface area contributed by atoms with Gasteiger partial charge in [0.15, 0.2) is 0 Å². The van der Waals surface area contributed by atoms with Gasteiger partial charge in [0.05, 0.1) is 11.4 Å². The van der Waals surface area contributed by atoms with E-state index in [0.29, 0.717) is 0 Å². The number of nitrogens with zero attached hydrogens (tertiary/aromatic N) is 3. The summed E-state index contributed by atoms with van der Waals surface area (Å²) in [5.74, 6) is 0. The van der Waals surface area contributed by atoms with Crippen molar-refractivity contribution in [2.24, 2.45) is 4.99 Å². The summed E-state index contributed by atoms with van der Waals surface area (Å²) in [5.41, 5.74) is 5.30. The molecule has 3 rings (SSSR count). The fourth-order valence-electron chi connectivity index (χ4n) is 2.12. The van der Waals surface area contributed by atoms with Gasteiger partial charge in [-0.25, -0.2) is 0 Å². The van der Waals surface area contributed by atoms with E-state index in [1.54, 1.807) is 12.4 Å². The molecular formula is C20H20ClN3Pd. The Kier molecular flexibility index (Phi) is 10.6.